The molecule has 0 radical (unpaired) electrons. The minimum Gasteiger partial charge on any atom is -0.303 e. The second-order valence-electron chi connectivity index (χ2n) is 12.0. The van der Waals surface area contributed by atoms with Crippen LogP contribution in [-0.2, 0) is 21.4 Å². The van der Waals surface area contributed by atoms with E-state index in [1.54, 1.807) is 36.4 Å². The quantitative estimate of drug-likeness (QED) is 0.183. The summed E-state index contributed by atoms with van der Waals surface area (Å²) in [6.45, 7) is -0.267. The summed E-state index contributed by atoms with van der Waals surface area (Å²) in [5.74, 6) is 0.831. The zero-order valence-electron chi connectivity index (χ0n) is 25.3. The second-order valence-corrected chi connectivity index (χ2v) is 14.9. The van der Waals surface area contributed by atoms with Crippen molar-refractivity contribution in [3.63, 3.8) is 0 Å². The van der Waals surface area contributed by atoms with Crippen molar-refractivity contribution in [2.75, 3.05) is 10.8 Å². The summed E-state index contributed by atoms with van der Waals surface area (Å²) in [4.78, 5) is 16.7. The molecule has 1 saturated heterocycles. The highest BCUT2D eigenvalue weighted by Crippen LogP contribution is 2.38. The van der Waals surface area contributed by atoms with Crippen molar-refractivity contribution in [3.8, 4) is 28.1 Å². The first-order chi connectivity index (χ1) is 22.6. The lowest BCUT2D eigenvalue weighted by atomic mass is 9.83. The van der Waals surface area contributed by atoms with Crippen LogP contribution in [0.4, 0.5) is 5.69 Å². The van der Waals surface area contributed by atoms with Gasteiger partial charge < -0.3 is 4.57 Å². The van der Waals surface area contributed by atoms with E-state index in [2.05, 4.69) is 48.5 Å². The Labute approximate surface area is 289 Å². The largest absolute Gasteiger partial charge is 0.326 e. The van der Waals surface area contributed by atoms with Gasteiger partial charge in [-0.15, -0.1) is 0 Å². The first-order valence-electron chi connectivity index (χ1n) is 15.5. The molecule has 1 N–H and O–H groups in total. The van der Waals surface area contributed by atoms with Gasteiger partial charge in [-0.1, -0.05) is 103 Å². The lowest BCUT2D eigenvalue weighted by molar-refractivity contribution is -0.117. The van der Waals surface area contributed by atoms with Crippen molar-refractivity contribution < 1.29 is 13.2 Å². The Morgan fingerprint density at radius 3 is 1.98 bits per heavy atom. The van der Waals surface area contributed by atoms with Gasteiger partial charge in [0.2, 0.25) is 0 Å². The van der Waals surface area contributed by atoms with E-state index < -0.39 is 16.1 Å². The van der Waals surface area contributed by atoms with Crippen molar-refractivity contribution in [1.82, 2.24) is 14.3 Å². The molecule has 4 aromatic carbocycles. The van der Waals surface area contributed by atoms with Crippen LogP contribution in [0.5, 0.6) is 0 Å². The number of halogens is 3. The third-order valence-corrected chi connectivity index (χ3v) is 11.1. The standard InChI is InChI=1S/C36H31Cl3N4O3S/c37-28-19-31(38)36(32(39)20-28)33-21-42(29-14-16-30(17-15-29)43-22-35(44)41-47(43,45)46)34(40-33)18-23-6-8-25(9-7-23)27-12-10-26(11-13-27)24-4-2-1-3-5-24/h6-17,19-21,24H,1-5,18,22H2,(H,41,44). The molecule has 0 bridgehead atoms. The highest BCUT2D eigenvalue weighted by atomic mass is 35.5. The van der Waals surface area contributed by atoms with Crippen LogP contribution in [0.3, 0.4) is 0 Å². The molecule has 1 aromatic heterocycles. The predicted octanol–water partition coefficient (Wildman–Crippen LogP) is 8.99. The van der Waals surface area contributed by atoms with Gasteiger partial charge in [0.25, 0.3) is 5.91 Å². The normalized spacial score (nSPS) is 16.4. The molecule has 0 atom stereocenters. The van der Waals surface area contributed by atoms with E-state index in [-0.39, 0.29) is 6.54 Å². The van der Waals surface area contributed by atoms with Gasteiger partial charge in [0, 0.05) is 28.9 Å². The Morgan fingerprint density at radius 2 is 1.38 bits per heavy atom. The number of aromatic nitrogens is 2. The fourth-order valence-corrected chi connectivity index (χ4v) is 8.67. The van der Waals surface area contributed by atoms with Crippen LogP contribution in [-0.4, -0.2) is 30.4 Å². The van der Waals surface area contributed by atoms with E-state index in [4.69, 9.17) is 39.8 Å². The van der Waals surface area contributed by atoms with Gasteiger partial charge in [-0.05, 0) is 77.4 Å². The summed E-state index contributed by atoms with van der Waals surface area (Å²) in [7, 11) is -3.92. The molecule has 11 heteroatoms. The zero-order valence-corrected chi connectivity index (χ0v) is 28.4. The number of benzene rings is 4. The first kappa shape index (κ1) is 31.8. The highest BCUT2D eigenvalue weighted by molar-refractivity contribution is 7.92. The maximum Gasteiger partial charge on any atom is 0.326 e. The molecule has 2 aliphatic rings. The van der Waals surface area contributed by atoms with Crippen LogP contribution in [0.2, 0.25) is 15.1 Å². The summed E-state index contributed by atoms with van der Waals surface area (Å²) >= 11 is 19.3. The number of rotatable bonds is 7. The molecule has 1 amide bonds. The van der Waals surface area contributed by atoms with Crippen molar-refractivity contribution in [2.24, 2.45) is 0 Å². The molecule has 47 heavy (non-hydrogen) atoms. The number of carbonyl (C=O) groups is 1. The van der Waals surface area contributed by atoms with E-state index in [0.29, 0.717) is 44.4 Å². The number of nitrogens with one attached hydrogen (secondary N) is 1. The number of carbonyl (C=O) groups excluding carboxylic acids is 1. The van der Waals surface area contributed by atoms with E-state index in [0.717, 1.165) is 26.9 Å². The molecule has 1 saturated carbocycles. The SMILES string of the molecule is O=C1CN(c2ccc(-n3cc(-c4c(Cl)cc(Cl)cc4Cl)nc3Cc3ccc(-c4ccc(C5CCCCC5)cc4)cc3)cc2)S(=O)(=O)N1. The number of nitrogens with zero attached hydrogens (tertiary/aromatic N) is 3. The molecule has 7 rings (SSSR count). The van der Waals surface area contributed by atoms with Crippen LogP contribution in [0, 0.1) is 0 Å². The van der Waals surface area contributed by atoms with Gasteiger partial charge in [0.1, 0.15) is 12.4 Å². The summed E-state index contributed by atoms with van der Waals surface area (Å²) < 4.78 is 29.7. The molecule has 5 aromatic rings. The van der Waals surface area contributed by atoms with E-state index in [9.17, 15) is 13.2 Å². The maximum absolute atomic E-state index is 12.4. The molecule has 1 aliphatic carbocycles. The second kappa shape index (κ2) is 13.0. The van der Waals surface area contributed by atoms with Crippen LogP contribution < -0.4 is 9.03 Å². The molecular weight excluding hydrogens is 675 g/mol. The lowest BCUT2D eigenvalue weighted by Crippen LogP contribution is -2.29. The van der Waals surface area contributed by atoms with Gasteiger partial charge in [-0.25, -0.2) is 14.0 Å². The third kappa shape index (κ3) is 6.65. The minimum absolute atomic E-state index is 0.267. The average molecular weight is 706 g/mol. The van der Waals surface area contributed by atoms with E-state index in [1.165, 1.54) is 43.2 Å². The number of hydrogen-bond donors (Lipinski definition) is 1. The van der Waals surface area contributed by atoms with Crippen molar-refractivity contribution in [2.45, 2.75) is 44.4 Å². The maximum atomic E-state index is 12.4. The van der Waals surface area contributed by atoms with Crippen molar-refractivity contribution in [3.05, 3.63) is 123 Å². The summed E-state index contributed by atoms with van der Waals surface area (Å²) in [6, 6.07) is 27.6. The molecular formula is C36H31Cl3N4O3S. The third-order valence-electron chi connectivity index (χ3n) is 8.91. The lowest BCUT2D eigenvalue weighted by Gasteiger charge is -2.22. The molecule has 0 unspecified atom stereocenters. The Kier molecular flexibility index (Phi) is 8.78. The number of anilines is 1. The Bertz CT molecular complexity index is 2030. The number of amides is 1. The molecule has 240 valence electrons. The fourth-order valence-electron chi connectivity index (χ4n) is 6.51. The summed E-state index contributed by atoms with van der Waals surface area (Å²) in [5.41, 5.74) is 7.08. The fraction of sp³-hybridized carbons (Fsp3) is 0.222. The first-order valence-corrected chi connectivity index (χ1v) is 18.1. The topological polar surface area (TPSA) is 84.3 Å². The Balaban J connectivity index is 1.19. The monoisotopic (exact) mass is 704 g/mol. The van der Waals surface area contributed by atoms with Gasteiger partial charge >= 0.3 is 10.2 Å². The average Bonchev–Trinajstić information content (AvgIpc) is 3.59. The van der Waals surface area contributed by atoms with Crippen LogP contribution in [0.1, 0.15) is 55.0 Å². The molecule has 1 aliphatic heterocycles. The molecule has 2 fully saturated rings. The van der Waals surface area contributed by atoms with Crippen LogP contribution in [0.25, 0.3) is 28.1 Å². The van der Waals surface area contributed by atoms with Gasteiger partial charge in [-0.2, -0.15) is 8.42 Å². The zero-order chi connectivity index (χ0) is 32.7. The highest BCUT2D eigenvalue weighted by Gasteiger charge is 2.34. The smallest absolute Gasteiger partial charge is 0.303 e. The van der Waals surface area contributed by atoms with Crippen molar-refractivity contribution in [1.29, 1.82) is 0 Å². The molecule has 7 nitrogen and oxygen atoms in total. The predicted molar refractivity (Wildman–Crippen MR) is 189 cm³/mol. The summed E-state index contributed by atoms with van der Waals surface area (Å²) in [5, 5.41) is 1.18. The van der Waals surface area contributed by atoms with Crippen LogP contribution in [0.15, 0.2) is 91.1 Å². The van der Waals surface area contributed by atoms with E-state index >= 15 is 0 Å². The molecule has 2 heterocycles. The van der Waals surface area contributed by atoms with E-state index in [1.807, 2.05) is 15.5 Å². The Morgan fingerprint density at radius 1 is 0.787 bits per heavy atom. The Hall–Kier alpha value is -3.82. The summed E-state index contributed by atoms with van der Waals surface area (Å²) in [6.07, 6.45) is 8.91. The number of imidazole rings is 1. The minimum atomic E-state index is -3.92. The van der Waals surface area contributed by atoms with Gasteiger partial charge in [0.05, 0.1) is 21.4 Å². The van der Waals surface area contributed by atoms with Gasteiger partial charge in [-0.3, -0.25) is 4.79 Å². The van der Waals surface area contributed by atoms with Crippen molar-refractivity contribution >= 4 is 56.6 Å². The number of hydrogen-bond acceptors (Lipinski definition) is 4. The molecule has 0 spiro atoms. The van der Waals surface area contributed by atoms with Gasteiger partial charge in [0.15, 0.2) is 0 Å². The van der Waals surface area contributed by atoms with Crippen LogP contribution >= 0.6 is 34.8 Å².